The number of amidine groups is 1. The van der Waals surface area contributed by atoms with Gasteiger partial charge in [-0.25, -0.2) is 0 Å². The summed E-state index contributed by atoms with van der Waals surface area (Å²) in [5, 5.41) is 3.01. The third-order valence-electron chi connectivity index (χ3n) is 3.26. The molecule has 0 fully saturated rings. The van der Waals surface area contributed by atoms with Crippen molar-refractivity contribution in [2.45, 2.75) is 19.3 Å². The van der Waals surface area contributed by atoms with Crippen LogP contribution in [0.5, 0.6) is 0 Å². The fourth-order valence-corrected chi connectivity index (χ4v) is 2.13. The Morgan fingerprint density at radius 2 is 1.95 bits per heavy atom. The van der Waals surface area contributed by atoms with E-state index in [2.05, 4.69) is 10.3 Å². The van der Waals surface area contributed by atoms with Crippen LogP contribution < -0.4 is 16.8 Å². The number of aliphatic imine (C=N–C) groups is 1. The van der Waals surface area contributed by atoms with Gasteiger partial charge in [0, 0.05) is 13.6 Å². The van der Waals surface area contributed by atoms with Gasteiger partial charge in [-0.1, -0.05) is 30.3 Å². The molecule has 5 N–H and O–H groups in total. The zero-order chi connectivity index (χ0) is 15.2. The smallest absolute Gasteiger partial charge is 0.134 e. The second-order valence-corrected chi connectivity index (χ2v) is 4.61. The van der Waals surface area contributed by atoms with Gasteiger partial charge in [-0.05, 0) is 19.4 Å². The zero-order valence-electron chi connectivity index (χ0n) is 12.2. The molecule has 1 rings (SSSR count). The lowest BCUT2D eigenvalue weighted by atomic mass is 9.76. The molecule has 1 aromatic rings. The molecule has 0 radical (unpaired) electrons. The first kappa shape index (κ1) is 15.8. The summed E-state index contributed by atoms with van der Waals surface area (Å²) in [6.45, 7) is 4.34. The maximum absolute atomic E-state index is 11.8. The molecule has 0 aromatic heterocycles. The molecule has 20 heavy (non-hydrogen) atoms. The van der Waals surface area contributed by atoms with E-state index < -0.39 is 5.41 Å². The summed E-state index contributed by atoms with van der Waals surface area (Å²) < 4.78 is 0. The second kappa shape index (κ2) is 6.75. The predicted molar refractivity (Wildman–Crippen MR) is 82.3 cm³/mol. The van der Waals surface area contributed by atoms with Gasteiger partial charge in [-0.15, -0.1) is 0 Å². The predicted octanol–water partition coefficient (Wildman–Crippen LogP) is 0.910. The van der Waals surface area contributed by atoms with Crippen molar-refractivity contribution in [3.05, 3.63) is 47.3 Å². The minimum Gasteiger partial charge on any atom is -0.385 e. The Bertz CT molecular complexity index is 522. The molecule has 5 nitrogen and oxygen atoms in total. The largest absolute Gasteiger partial charge is 0.385 e. The minimum atomic E-state index is -0.947. The van der Waals surface area contributed by atoms with Gasteiger partial charge in [0.15, 0.2) is 0 Å². The van der Waals surface area contributed by atoms with E-state index in [1.54, 1.807) is 14.0 Å². The topological polar surface area (TPSA) is 93.5 Å². The van der Waals surface area contributed by atoms with Crippen molar-refractivity contribution in [3.8, 4) is 0 Å². The Labute approximate surface area is 119 Å². The summed E-state index contributed by atoms with van der Waals surface area (Å²) in [6, 6.07) is 9.38. The van der Waals surface area contributed by atoms with Crippen LogP contribution in [0.25, 0.3) is 0 Å². The van der Waals surface area contributed by atoms with Crippen molar-refractivity contribution in [2.75, 3.05) is 13.6 Å². The van der Waals surface area contributed by atoms with E-state index in [9.17, 15) is 4.79 Å². The third kappa shape index (κ3) is 2.99. The SMILES string of the molecule is CCN/C(N)=C(/C(N)=NC)C(C)(C=O)c1ccccc1. The van der Waals surface area contributed by atoms with Crippen molar-refractivity contribution >= 4 is 12.1 Å². The van der Waals surface area contributed by atoms with Crippen LogP contribution in [0.3, 0.4) is 0 Å². The van der Waals surface area contributed by atoms with Gasteiger partial charge >= 0.3 is 0 Å². The van der Waals surface area contributed by atoms with E-state index >= 15 is 0 Å². The van der Waals surface area contributed by atoms with Gasteiger partial charge in [0.2, 0.25) is 0 Å². The van der Waals surface area contributed by atoms with Crippen molar-refractivity contribution in [1.82, 2.24) is 5.32 Å². The molecule has 0 saturated heterocycles. The number of nitrogens with one attached hydrogen (secondary N) is 1. The molecule has 0 aliphatic carbocycles. The monoisotopic (exact) mass is 274 g/mol. The Morgan fingerprint density at radius 3 is 2.40 bits per heavy atom. The van der Waals surface area contributed by atoms with Gasteiger partial charge in [-0.3, -0.25) is 4.99 Å². The van der Waals surface area contributed by atoms with Crippen molar-refractivity contribution in [3.63, 3.8) is 0 Å². The summed E-state index contributed by atoms with van der Waals surface area (Å²) >= 11 is 0. The number of hydrogen-bond acceptors (Lipinski definition) is 4. The van der Waals surface area contributed by atoms with Gasteiger partial charge in [0.1, 0.15) is 17.9 Å². The molecule has 108 valence electrons. The Balaban J connectivity index is 3.51. The molecule has 0 bridgehead atoms. The molecular weight excluding hydrogens is 252 g/mol. The van der Waals surface area contributed by atoms with E-state index in [1.165, 1.54) is 0 Å². The lowest BCUT2D eigenvalue weighted by molar-refractivity contribution is -0.110. The zero-order valence-corrected chi connectivity index (χ0v) is 12.2. The van der Waals surface area contributed by atoms with E-state index in [-0.39, 0.29) is 5.84 Å². The number of aldehydes is 1. The number of benzene rings is 1. The minimum absolute atomic E-state index is 0.252. The highest BCUT2D eigenvalue weighted by Crippen LogP contribution is 2.30. The summed E-state index contributed by atoms with van der Waals surface area (Å²) in [5.41, 5.74) is 12.4. The summed E-state index contributed by atoms with van der Waals surface area (Å²) in [5.74, 6) is 0.621. The average molecular weight is 274 g/mol. The first-order chi connectivity index (χ1) is 9.51. The molecule has 0 saturated carbocycles. The average Bonchev–Trinajstić information content (AvgIpc) is 2.48. The number of rotatable bonds is 6. The van der Waals surface area contributed by atoms with Gasteiger partial charge in [0.05, 0.1) is 11.0 Å². The van der Waals surface area contributed by atoms with Gasteiger partial charge in [0.25, 0.3) is 0 Å². The van der Waals surface area contributed by atoms with Gasteiger partial charge in [-0.2, -0.15) is 0 Å². The lowest BCUT2D eigenvalue weighted by Gasteiger charge is -2.28. The molecule has 0 heterocycles. The van der Waals surface area contributed by atoms with Crippen LogP contribution in [0.1, 0.15) is 19.4 Å². The maximum Gasteiger partial charge on any atom is 0.134 e. The van der Waals surface area contributed by atoms with Crippen LogP contribution in [0.2, 0.25) is 0 Å². The van der Waals surface area contributed by atoms with Crippen LogP contribution in [0.4, 0.5) is 0 Å². The second-order valence-electron chi connectivity index (χ2n) is 4.61. The Morgan fingerprint density at radius 1 is 1.35 bits per heavy atom. The fourth-order valence-electron chi connectivity index (χ4n) is 2.13. The number of nitrogens with zero attached hydrogens (tertiary/aromatic N) is 1. The Hall–Kier alpha value is -2.30. The molecule has 5 heteroatoms. The number of carbonyl (C=O) groups excluding carboxylic acids is 1. The van der Waals surface area contributed by atoms with E-state index in [1.807, 2.05) is 37.3 Å². The quantitative estimate of drug-likeness (QED) is 0.408. The summed E-state index contributed by atoms with van der Waals surface area (Å²) in [7, 11) is 1.57. The van der Waals surface area contributed by atoms with Crippen LogP contribution >= 0.6 is 0 Å². The first-order valence-corrected chi connectivity index (χ1v) is 6.49. The maximum atomic E-state index is 11.8. The van der Waals surface area contributed by atoms with E-state index in [0.29, 0.717) is 17.9 Å². The Kier molecular flexibility index (Phi) is 5.32. The highest BCUT2D eigenvalue weighted by atomic mass is 16.1. The highest BCUT2D eigenvalue weighted by Gasteiger charge is 2.35. The standard InChI is InChI=1S/C15H22N4O/c1-4-19-14(17)12(13(16)18-3)15(2,10-20)11-8-6-5-7-9-11/h5-10,19H,4,17H2,1-3H3,(H2,16,18)/b14-12-. The van der Waals surface area contributed by atoms with Crippen LogP contribution in [-0.4, -0.2) is 25.7 Å². The van der Waals surface area contributed by atoms with Crippen molar-refractivity contribution in [2.24, 2.45) is 16.5 Å². The fraction of sp³-hybridized carbons (Fsp3) is 0.333. The molecule has 1 unspecified atom stereocenters. The highest BCUT2D eigenvalue weighted by molar-refractivity contribution is 6.04. The summed E-state index contributed by atoms with van der Waals surface area (Å²) in [4.78, 5) is 15.8. The van der Waals surface area contributed by atoms with Crippen LogP contribution in [-0.2, 0) is 10.2 Å². The summed E-state index contributed by atoms with van der Waals surface area (Å²) in [6.07, 6.45) is 0.847. The van der Waals surface area contributed by atoms with Crippen molar-refractivity contribution in [1.29, 1.82) is 0 Å². The molecule has 0 aliphatic heterocycles. The molecule has 1 aromatic carbocycles. The van der Waals surface area contributed by atoms with E-state index in [4.69, 9.17) is 11.5 Å². The third-order valence-corrected chi connectivity index (χ3v) is 3.26. The molecular formula is C15H22N4O. The van der Waals surface area contributed by atoms with Crippen LogP contribution in [0, 0.1) is 0 Å². The van der Waals surface area contributed by atoms with Gasteiger partial charge < -0.3 is 21.6 Å². The van der Waals surface area contributed by atoms with Crippen LogP contribution in [0.15, 0.2) is 46.7 Å². The lowest BCUT2D eigenvalue weighted by Crippen LogP contribution is -2.40. The van der Waals surface area contributed by atoms with E-state index in [0.717, 1.165) is 11.8 Å². The number of hydrogen-bond donors (Lipinski definition) is 3. The first-order valence-electron chi connectivity index (χ1n) is 6.49. The molecule has 0 spiro atoms. The molecule has 0 aliphatic rings. The molecule has 0 amide bonds. The number of carbonyl (C=O) groups is 1. The molecule has 1 atom stereocenters. The normalized spacial score (nSPS) is 16.1. The number of nitrogens with two attached hydrogens (primary N) is 2. The van der Waals surface area contributed by atoms with Crippen molar-refractivity contribution < 1.29 is 4.79 Å².